The Kier molecular flexibility index (Phi) is 5.63. The Morgan fingerprint density at radius 1 is 0.967 bits per heavy atom. The molecular formula is C23H17N3O3S. The fraction of sp³-hybridized carbons (Fsp3) is 0.0435. The summed E-state index contributed by atoms with van der Waals surface area (Å²) in [4.78, 5) is 33.5. The van der Waals surface area contributed by atoms with Crippen LogP contribution >= 0.6 is 11.3 Å². The molecule has 0 unspecified atom stereocenters. The molecule has 2 aromatic heterocycles. The minimum Gasteiger partial charge on any atom is -0.465 e. The van der Waals surface area contributed by atoms with Gasteiger partial charge in [0.15, 0.2) is 0 Å². The molecule has 4 aromatic rings. The van der Waals surface area contributed by atoms with Gasteiger partial charge in [0, 0.05) is 34.6 Å². The van der Waals surface area contributed by atoms with E-state index in [1.54, 1.807) is 42.7 Å². The molecule has 0 aliphatic rings. The van der Waals surface area contributed by atoms with Gasteiger partial charge < -0.3 is 10.1 Å². The molecule has 0 radical (unpaired) electrons. The van der Waals surface area contributed by atoms with Crippen molar-refractivity contribution in [3.8, 4) is 21.8 Å². The second-order valence-corrected chi connectivity index (χ2v) is 7.21. The molecule has 0 saturated carbocycles. The molecule has 30 heavy (non-hydrogen) atoms. The summed E-state index contributed by atoms with van der Waals surface area (Å²) in [5, 5.41) is 5.69. The SMILES string of the molecule is COC(=O)c1ccccc1C(=O)Nc1cccc(-c2csc(-c3cccnc3)n2)c1. The maximum atomic E-state index is 12.8. The third kappa shape index (κ3) is 4.11. The maximum absolute atomic E-state index is 12.8. The van der Waals surface area contributed by atoms with Crippen molar-refractivity contribution >= 4 is 28.9 Å². The quantitative estimate of drug-likeness (QED) is 0.468. The molecule has 4 rings (SSSR count). The molecule has 0 aliphatic heterocycles. The number of hydrogen-bond acceptors (Lipinski definition) is 6. The number of pyridine rings is 1. The first kappa shape index (κ1) is 19.5. The van der Waals surface area contributed by atoms with E-state index in [1.807, 2.05) is 35.7 Å². The molecule has 7 heteroatoms. The first-order valence-corrected chi connectivity index (χ1v) is 9.99. The van der Waals surface area contributed by atoms with Crippen LogP contribution in [0.4, 0.5) is 5.69 Å². The fourth-order valence-corrected chi connectivity index (χ4v) is 3.77. The topological polar surface area (TPSA) is 81.2 Å². The van der Waals surface area contributed by atoms with Crippen LogP contribution in [0.3, 0.4) is 0 Å². The molecule has 0 bridgehead atoms. The number of carbonyl (C=O) groups excluding carboxylic acids is 2. The summed E-state index contributed by atoms with van der Waals surface area (Å²) in [7, 11) is 1.29. The Morgan fingerprint density at radius 2 is 1.77 bits per heavy atom. The molecule has 0 fully saturated rings. The van der Waals surface area contributed by atoms with Gasteiger partial charge in [0.1, 0.15) is 5.01 Å². The highest BCUT2D eigenvalue weighted by molar-refractivity contribution is 7.13. The summed E-state index contributed by atoms with van der Waals surface area (Å²) in [6, 6.07) is 17.8. The zero-order chi connectivity index (χ0) is 20.9. The van der Waals surface area contributed by atoms with E-state index in [0.717, 1.165) is 21.8 Å². The molecule has 0 saturated heterocycles. The van der Waals surface area contributed by atoms with Crippen LogP contribution in [-0.4, -0.2) is 29.0 Å². The number of ether oxygens (including phenoxy) is 1. The average Bonchev–Trinajstić information content (AvgIpc) is 3.30. The molecular weight excluding hydrogens is 398 g/mol. The smallest absolute Gasteiger partial charge is 0.338 e. The number of rotatable bonds is 5. The number of anilines is 1. The lowest BCUT2D eigenvalue weighted by Gasteiger charge is -2.09. The number of hydrogen-bond donors (Lipinski definition) is 1. The van der Waals surface area contributed by atoms with E-state index in [1.165, 1.54) is 18.4 Å². The summed E-state index contributed by atoms with van der Waals surface area (Å²) in [6.07, 6.45) is 3.50. The Hall–Kier alpha value is -3.84. The van der Waals surface area contributed by atoms with Gasteiger partial charge in [-0.3, -0.25) is 9.78 Å². The van der Waals surface area contributed by atoms with Crippen molar-refractivity contribution in [1.82, 2.24) is 9.97 Å². The number of methoxy groups -OCH3 is 1. The van der Waals surface area contributed by atoms with Gasteiger partial charge in [-0.2, -0.15) is 0 Å². The van der Waals surface area contributed by atoms with Crippen molar-refractivity contribution < 1.29 is 14.3 Å². The number of benzene rings is 2. The summed E-state index contributed by atoms with van der Waals surface area (Å²) < 4.78 is 4.76. The van der Waals surface area contributed by atoms with Gasteiger partial charge in [0.25, 0.3) is 5.91 Å². The maximum Gasteiger partial charge on any atom is 0.338 e. The number of nitrogens with zero attached hydrogens (tertiary/aromatic N) is 2. The molecule has 148 valence electrons. The van der Waals surface area contributed by atoms with Crippen LogP contribution in [0.5, 0.6) is 0 Å². The third-order valence-electron chi connectivity index (χ3n) is 4.41. The first-order valence-electron chi connectivity index (χ1n) is 9.11. The van der Waals surface area contributed by atoms with E-state index in [-0.39, 0.29) is 17.0 Å². The molecule has 0 spiro atoms. The minimum absolute atomic E-state index is 0.217. The Balaban J connectivity index is 1.57. The molecule has 1 N–H and O–H groups in total. The average molecular weight is 415 g/mol. The Morgan fingerprint density at radius 3 is 2.53 bits per heavy atom. The molecule has 6 nitrogen and oxygen atoms in total. The minimum atomic E-state index is -0.556. The lowest BCUT2D eigenvalue weighted by Crippen LogP contribution is -2.17. The standard InChI is InChI=1S/C23H17N3O3S/c1-29-23(28)19-10-3-2-9-18(19)21(27)25-17-8-4-6-15(12-17)20-14-30-22(26-20)16-7-5-11-24-13-16/h2-14H,1H3,(H,25,27). The van der Waals surface area contributed by atoms with E-state index in [2.05, 4.69) is 15.3 Å². The summed E-state index contributed by atoms with van der Waals surface area (Å²) >= 11 is 1.53. The summed E-state index contributed by atoms with van der Waals surface area (Å²) in [5.41, 5.74) is 3.72. The zero-order valence-electron chi connectivity index (χ0n) is 16.0. The largest absolute Gasteiger partial charge is 0.465 e. The van der Waals surface area contributed by atoms with Gasteiger partial charge in [-0.05, 0) is 36.4 Å². The number of thiazole rings is 1. The lowest BCUT2D eigenvalue weighted by molar-refractivity contribution is 0.0597. The molecule has 0 atom stereocenters. The number of carbonyl (C=O) groups is 2. The Labute approximate surface area is 177 Å². The van der Waals surface area contributed by atoms with Gasteiger partial charge >= 0.3 is 5.97 Å². The van der Waals surface area contributed by atoms with Crippen molar-refractivity contribution in [3.05, 3.63) is 89.6 Å². The third-order valence-corrected chi connectivity index (χ3v) is 5.30. The van der Waals surface area contributed by atoms with Crippen molar-refractivity contribution in [2.45, 2.75) is 0 Å². The number of amides is 1. The highest BCUT2D eigenvalue weighted by atomic mass is 32.1. The van der Waals surface area contributed by atoms with E-state index < -0.39 is 5.97 Å². The van der Waals surface area contributed by atoms with Crippen molar-refractivity contribution in [2.24, 2.45) is 0 Å². The highest BCUT2D eigenvalue weighted by Gasteiger charge is 2.17. The van der Waals surface area contributed by atoms with Crippen LogP contribution in [0.2, 0.25) is 0 Å². The molecule has 0 aliphatic carbocycles. The highest BCUT2D eigenvalue weighted by Crippen LogP contribution is 2.29. The molecule has 1 amide bonds. The van der Waals surface area contributed by atoms with Crippen LogP contribution in [0.15, 0.2) is 78.4 Å². The van der Waals surface area contributed by atoms with Crippen LogP contribution in [0.25, 0.3) is 21.8 Å². The van der Waals surface area contributed by atoms with Crippen LogP contribution in [-0.2, 0) is 4.74 Å². The molecule has 2 heterocycles. The van der Waals surface area contributed by atoms with E-state index in [4.69, 9.17) is 4.74 Å². The van der Waals surface area contributed by atoms with Crippen LogP contribution < -0.4 is 5.32 Å². The predicted molar refractivity (Wildman–Crippen MR) is 117 cm³/mol. The fourth-order valence-electron chi connectivity index (χ4n) is 2.95. The normalized spacial score (nSPS) is 10.4. The van der Waals surface area contributed by atoms with Crippen LogP contribution in [0.1, 0.15) is 20.7 Å². The number of aromatic nitrogens is 2. The Bertz CT molecular complexity index is 1210. The zero-order valence-corrected chi connectivity index (χ0v) is 16.8. The van der Waals surface area contributed by atoms with Gasteiger partial charge in [-0.25, -0.2) is 9.78 Å². The van der Waals surface area contributed by atoms with E-state index in [0.29, 0.717) is 5.69 Å². The van der Waals surface area contributed by atoms with E-state index in [9.17, 15) is 9.59 Å². The van der Waals surface area contributed by atoms with Crippen molar-refractivity contribution in [3.63, 3.8) is 0 Å². The summed E-state index contributed by atoms with van der Waals surface area (Å²) in [6.45, 7) is 0. The number of nitrogens with one attached hydrogen (secondary N) is 1. The summed E-state index contributed by atoms with van der Waals surface area (Å²) in [5.74, 6) is -0.942. The van der Waals surface area contributed by atoms with Gasteiger partial charge in [-0.15, -0.1) is 11.3 Å². The molecule has 2 aromatic carbocycles. The second-order valence-electron chi connectivity index (χ2n) is 6.35. The first-order chi connectivity index (χ1) is 14.7. The second kappa shape index (κ2) is 8.67. The van der Waals surface area contributed by atoms with Crippen LogP contribution in [0, 0.1) is 0 Å². The van der Waals surface area contributed by atoms with Gasteiger partial charge in [0.05, 0.1) is 23.9 Å². The van der Waals surface area contributed by atoms with E-state index >= 15 is 0 Å². The monoisotopic (exact) mass is 415 g/mol. The number of esters is 1. The lowest BCUT2D eigenvalue weighted by atomic mass is 10.1. The predicted octanol–water partition coefficient (Wildman–Crippen LogP) is 4.91. The van der Waals surface area contributed by atoms with Gasteiger partial charge in [0.2, 0.25) is 0 Å². The van der Waals surface area contributed by atoms with Gasteiger partial charge in [-0.1, -0.05) is 24.3 Å². The van der Waals surface area contributed by atoms with Crippen molar-refractivity contribution in [1.29, 1.82) is 0 Å². The van der Waals surface area contributed by atoms with Crippen molar-refractivity contribution in [2.75, 3.05) is 12.4 Å².